The van der Waals surface area contributed by atoms with Crippen molar-refractivity contribution in [1.29, 1.82) is 0 Å². The van der Waals surface area contributed by atoms with E-state index in [1.165, 1.54) is 12.8 Å². The Bertz CT molecular complexity index is 314. The molecule has 0 aromatic carbocycles. The number of aromatic nitrogens is 1. The zero-order chi connectivity index (χ0) is 12.5. The fraction of sp³-hybridized carbons (Fsp3) is 0.615. The van der Waals surface area contributed by atoms with Gasteiger partial charge in [-0.15, -0.1) is 0 Å². The highest BCUT2D eigenvalue weighted by Gasteiger charge is 2.04. The van der Waals surface area contributed by atoms with E-state index in [0.717, 1.165) is 24.1 Å². The van der Waals surface area contributed by atoms with Gasteiger partial charge in [-0.25, -0.2) is 4.98 Å². The maximum absolute atomic E-state index is 5.66. The van der Waals surface area contributed by atoms with Crippen LogP contribution in [0, 0.1) is 0 Å². The predicted molar refractivity (Wildman–Crippen MR) is 74.5 cm³/mol. The maximum atomic E-state index is 5.66. The van der Waals surface area contributed by atoms with Crippen molar-refractivity contribution < 1.29 is 4.74 Å². The molecule has 0 saturated heterocycles. The molecule has 0 aliphatic heterocycles. The Morgan fingerprint density at radius 1 is 1.24 bits per heavy atom. The number of nitrogens with zero attached hydrogens (tertiary/aromatic N) is 2. The molecule has 1 rings (SSSR count). The van der Waals surface area contributed by atoms with Gasteiger partial charge in [0.15, 0.2) is 0 Å². The van der Waals surface area contributed by atoms with Gasteiger partial charge in [-0.2, -0.15) is 0 Å². The molecule has 17 heavy (non-hydrogen) atoms. The molecule has 1 aromatic heterocycles. The quantitative estimate of drug-likeness (QED) is 0.736. The van der Waals surface area contributed by atoms with Crippen molar-refractivity contribution in [2.75, 3.05) is 26.2 Å². The number of hydrogen-bond donors (Lipinski definition) is 0. The van der Waals surface area contributed by atoms with Crippen molar-refractivity contribution in [2.24, 2.45) is 0 Å². The first kappa shape index (κ1) is 14.5. The van der Waals surface area contributed by atoms with E-state index < -0.39 is 0 Å². The van der Waals surface area contributed by atoms with Crippen LogP contribution in [0.2, 0.25) is 0 Å². The lowest BCUT2D eigenvalue weighted by Gasteiger charge is -2.20. The minimum absolute atomic E-state index is 0.681. The zero-order valence-electron chi connectivity index (χ0n) is 10.7. The Hall–Kier alpha value is -0.610. The van der Waals surface area contributed by atoms with Crippen LogP contribution in [-0.2, 0) is 0 Å². The van der Waals surface area contributed by atoms with E-state index in [1.807, 2.05) is 12.1 Å². The van der Waals surface area contributed by atoms with Crippen LogP contribution in [0.3, 0.4) is 0 Å². The fourth-order valence-electron chi connectivity index (χ4n) is 1.72. The summed E-state index contributed by atoms with van der Waals surface area (Å²) in [6.07, 6.45) is 4.12. The second-order valence-electron chi connectivity index (χ2n) is 3.98. The molecule has 3 nitrogen and oxygen atoms in total. The van der Waals surface area contributed by atoms with Gasteiger partial charge < -0.3 is 4.74 Å². The van der Waals surface area contributed by atoms with Gasteiger partial charge in [-0.3, -0.25) is 4.90 Å². The molecular formula is C13H21BrN2O. The molecule has 0 saturated carbocycles. The lowest BCUT2D eigenvalue weighted by molar-refractivity contribution is 0.204. The standard InChI is InChI=1S/C13H21BrN2O/c1-3-8-16(9-4-2)10-11-17-13-12(14)6-5-7-15-13/h5-7H,3-4,8-11H2,1-2H3. The number of rotatable bonds is 8. The first-order valence-electron chi connectivity index (χ1n) is 6.23. The third kappa shape index (κ3) is 5.50. The molecule has 0 amide bonds. The van der Waals surface area contributed by atoms with Crippen molar-refractivity contribution in [2.45, 2.75) is 26.7 Å². The van der Waals surface area contributed by atoms with Crippen molar-refractivity contribution in [3.05, 3.63) is 22.8 Å². The first-order chi connectivity index (χ1) is 8.27. The van der Waals surface area contributed by atoms with Crippen LogP contribution in [0.1, 0.15) is 26.7 Å². The van der Waals surface area contributed by atoms with Gasteiger partial charge in [0.1, 0.15) is 6.61 Å². The SMILES string of the molecule is CCCN(CCC)CCOc1ncccc1Br. The summed E-state index contributed by atoms with van der Waals surface area (Å²) in [6, 6.07) is 3.83. The van der Waals surface area contributed by atoms with E-state index in [9.17, 15) is 0 Å². The Morgan fingerprint density at radius 2 is 1.94 bits per heavy atom. The van der Waals surface area contributed by atoms with E-state index in [2.05, 4.69) is 39.7 Å². The molecule has 0 fully saturated rings. The summed E-state index contributed by atoms with van der Waals surface area (Å²) in [5, 5.41) is 0. The van der Waals surface area contributed by atoms with Crippen LogP contribution < -0.4 is 4.74 Å². The predicted octanol–water partition coefficient (Wildman–Crippen LogP) is 3.34. The third-order valence-corrected chi connectivity index (χ3v) is 3.05. The average Bonchev–Trinajstić information content (AvgIpc) is 2.32. The summed E-state index contributed by atoms with van der Waals surface area (Å²) < 4.78 is 6.57. The van der Waals surface area contributed by atoms with Gasteiger partial charge in [0.2, 0.25) is 5.88 Å². The van der Waals surface area contributed by atoms with Crippen molar-refractivity contribution >= 4 is 15.9 Å². The molecule has 0 aliphatic rings. The first-order valence-corrected chi connectivity index (χ1v) is 7.02. The molecule has 0 radical (unpaired) electrons. The average molecular weight is 301 g/mol. The Labute approximate surface area is 112 Å². The number of hydrogen-bond acceptors (Lipinski definition) is 3. The lowest BCUT2D eigenvalue weighted by Crippen LogP contribution is -2.30. The molecule has 0 atom stereocenters. The minimum atomic E-state index is 0.681. The van der Waals surface area contributed by atoms with Crippen LogP contribution in [0.5, 0.6) is 5.88 Å². The summed E-state index contributed by atoms with van der Waals surface area (Å²) in [6.45, 7) is 8.35. The molecule has 4 heteroatoms. The Balaban J connectivity index is 2.33. The van der Waals surface area contributed by atoms with Gasteiger partial charge in [0.05, 0.1) is 4.47 Å². The summed E-state index contributed by atoms with van der Waals surface area (Å²) in [5.74, 6) is 0.681. The van der Waals surface area contributed by atoms with Crippen molar-refractivity contribution in [1.82, 2.24) is 9.88 Å². The zero-order valence-corrected chi connectivity index (χ0v) is 12.2. The second kappa shape index (κ2) is 8.48. The molecule has 0 spiro atoms. The normalized spacial score (nSPS) is 10.8. The number of pyridine rings is 1. The minimum Gasteiger partial charge on any atom is -0.476 e. The summed E-state index contributed by atoms with van der Waals surface area (Å²) in [5.41, 5.74) is 0. The van der Waals surface area contributed by atoms with Crippen LogP contribution in [0.4, 0.5) is 0 Å². The molecule has 1 aromatic rings. The van der Waals surface area contributed by atoms with Gasteiger partial charge in [0, 0.05) is 12.7 Å². The van der Waals surface area contributed by atoms with Gasteiger partial charge in [-0.05, 0) is 54.0 Å². The topological polar surface area (TPSA) is 25.4 Å². The summed E-state index contributed by atoms with van der Waals surface area (Å²) in [4.78, 5) is 6.61. The molecule has 96 valence electrons. The third-order valence-electron chi connectivity index (χ3n) is 2.45. The van der Waals surface area contributed by atoms with E-state index in [1.54, 1.807) is 6.20 Å². The lowest BCUT2D eigenvalue weighted by atomic mass is 10.3. The molecule has 1 heterocycles. The van der Waals surface area contributed by atoms with Gasteiger partial charge >= 0.3 is 0 Å². The van der Waals surface area contributed by atoms with Crippen LogP contribution in [-0.4, -0.2) is 36.1 Å². The highest BCUT2D eigenvalue weighted by molar-refractivity contribution is 9.10. The van der Waals surface area contributed by atoms with E-state index in [4.69, 9.17) is 4.74 Å². The van der Waals surface area contributed by atoms with Crippen molar-refractivity contribution in [3.63, 3.8) is 0 Å². The highest BCUT2D eigenvalue weighted by Crippen LogP contribution is 2.20. The smallest absolute Gasteiger partial charge is 0.227 e. The van der Waals surface area contributed by atoms with E-state index >= 15 is 0 Å². The number of halogens is 1. The largest absolute Gasteiger partial charge is 0.476 e. The van der Waals surface area contributed by atoms with Crippen molar-refractivity contribution in [3.8, 4) is 5.88 Å². The molecule has 0 N–H and O–H groups in total. The van der Waals surface area contributed by atoms with Gasteiger partial charge in [0.25, 0.3) is 0 Å². The fourth-order valence-corrected chi connectivity index (χ4v) is 2.09. The van der Waals surface area contributed by atoms with E-state index in [-0.39, 0.29) is 0 Å². The van der Waals surface area contributed by atoms with Crippen LogP contribution in [0.25, 0.3) is 0 Å². The Morgan fingerprint density at radius 3 is 2.53 bits per heavy atom. The van der Waals surface area contributed by atoms with E-state index in [0.29, 0.717) is 12.5 Å². The summed E-state index contributed by atoms with van der Waals surface area (Å²) >= 11 is 3.42. The van der Waals surface area contributed by atoms with Crippen LogP contribution in [0.15, 0.2) is 22.8 Å². The molecule has 0 bridgehead atoms. The number of ether oxygens (including phenoxy) is 1. The highest BCUT2D eigenvalue weighted by atomic mass is 79.9. The monoisotopic (exact) mass is 300 g/mol. The molecule has 0 aliphatic carbocycles. The molecule has 0 unspecified atom stereocenters. The maximum Gasteiger partial charge on any atom is 0.227 e. The Kier molecular flexibility index (Phi) is 7.21. The second-order valence-corrected chi connectivity index (χ2v) is 4.83. The summed E-state index contributed by atoms with van der Waals surface area (Å²) in [7, 11) is 0. The molecular weight excluding hydrogens is 280 g/mol. The van der Waals surface area contributed by atoms with Crippen LogP contribution >= 0.6 is 15.9 Å². The van der Waals surface area contributed by atoms with Gasteiger partial charge in [-0.1, -0.05) is 13.8 Å².